The third-order valence-corrected chi connectivity index (χ3v) is 8.55. The Morgan fingerprint density at radius 1 is 0.705 bits per heavy atom. The molecule has 0 spiro atoms. The Hall–Kier alpha value is -4.73. The Balaban J connectivity index is 1.35. The number of benzene rings is 2. The van der Waals surface area contributed by atoms with E-state index < -0.39 is 0 Å². The van der Waals surface area contributed by atoms with Crippen molar-refractivity contribution in [3.63, 3.8) is 0 Å². The monoisotopic (exact) mass is 591 g/mol. The van der Waals surface area contributed by atoms with E-state index in [1.807, 2.05) is 30.3 Å². The summed E-state index contributed by atoms with van der Waals surface area (Å²) in [5.41, 5.74) is 9.59. The molecule has 2 aromatic heterocycles. The smallest absolute Gasteiger partial charge is 0.270 e. The summed E-state index contributed by atoms with van der Waals surface area (Å²) in [5.74, 6) is 1.49. The minimum absolute atomic E-state index is 0.197. The zero-order valence-electron chi connectivity index (χ0n) is 25.8. The summed E-state index contributed by atoms with van der Waals surface area (Å²) in [5, 5.41) is 18.9. The highest BCUT2D eigenvalue weighted by Gasteiger charge is 2.23. The molecule has 5 N–H and O–H groups in total. The van der Waals surface area contributed by atoms with Gasteiger partial charge in [0.25, 0.3) is 5.91 Å². The molecule has 0 aliphatic carbocycles. The van der Waals surface area contributed by atoms with E-state index in [0.717, 1.165) is 79.2 Å². The van der Waals surface area contributed by atoms with Crippen LogP contribution < -0.4 is 26.6 Å². The number of hydrogen-bond acceptors (Lipinski definition) is 9. The van der Waals surface area contributed by atoms with E-state index in [-0.39, 0.29) is 5.91 Å². The Kier molecular flexibility index (Phi) is 8.86. The van der Waals surface area contributed by atoms with Crippen LogP contribution in [0.1, 0.15) is 64.6 Å². The van der Waals surface area contributed by atoms with Crippen LogP contribution in [-0.2, 0) is 38.9 Å². The molecule has 4 aromatic rings. The summed E-state index contributed by atoms with van der Waals surface area (Å²) in [7, 11) is 0. The lowest BCUT2D eigenvalue weighted by molar-refractivity contribution is 0.0946. The summed E-state index contributed by atoms with van der Waals surface area (Å²) >= 11 is 0. The summed E-state index contributed by atoms with van der Waals surface area (Å²) in [6.07, 6.45) is 4.38. The van der Waals surface area contributed by atoms with Crippen LogP contribution in [0, 0.1) is 0 Å². The molecule has 44 heavy (non-hydrogen) atoms. The molecule has 10 nitrogen and oxygen atoms in total. The van der Waals surface area contributed by atoms with Gasteiger partial charge in [-0.25, -0.2) is 4.98 Å². The molecule has 1 amide bonds. The van der Waals surface area contributed by atoms with Gasteiger partial charge in [-0.2, -0.15) is 0 Å². The highest BCUT2D eigenvalue weighted by Crippen LogP contribution is 2.31. The molecular weight excluding hydrogens is 550 g/mol. The van der Waals surface area contributed by atoms with Crippen LogP contribution in [0.25, 0.3) is 21.8 Å². The molecule has 0 bridgehead atoms. The number of guanidine groups is 2. The van der Waals surface area contributed by atoms with Crippen LogP contribution >= 0.6 is 0 Å². The maximum Gasteiger partial charge on any atom is 0.270 e. The summed E-state index contributed by atoms with van der Waals surface area (Å²) in [6, 6.07) is 11.7. The van der Waals surface area contributed by atoms with Gasteiger partial charge < -0.3 is 26.6 Å². The van der Waals surface area contributed by atoms with Crippen LogP contribution in [0.3, 0.4) is 0 Å². The van der Waals surface area contributed by atoms with E-state index in [9.17, 15) is 4.79 Å². The average molecular weight is 592 g/mol. The van der Waals surface area contributed by atoms with Crippen molar-refractivity contribution < 1.29 is 4.79 Å². The van der Waals surface area contributed by atoms with Crippen molar-refractivity contribution in [3.8, 4) is 0 Å². The molecule has 6 rings (SSSR count). The van der Waals surface area contributed by atoms with Gasteiger partial charge in [0.05, 0.1) is 24.1 Å². The molecule has 0 saturated carbocycles. The van der Waals surface area contributed by atoms with E-state index >= 15 is 0 Å². The first kappa shape index (κ1) is 29.3. The first-order chi connectivity index (χ1) is 21.6. The number of aliphatic imine (C=N–C) groups is 2. The predicted octanol–water partition coefficient (Wildman–Crippen LogP) is 3.50. The van der Waals surface area contributed by atoms with Crippen LogP contribution in [-0.4, -0.2) is 54.0 Å². The van der Waals surface area contributed by atoms with Gasteiger partial charge in [0.2, 0.25) is 0 Å². The van der Waals surface area contributed by atoms with Crippen molar-refractivity contribution in [3.05, 3.63) is 81.7 Å². The first-order valence-corrected chi connectivity index (χ1v) is 15.7. The first-order valence-electron chi connectivity index (χ1n) is 15.7. The van der Waals surface area contributed by atoms with Crippen LogP contribution in [0.15, 0.2) is 52.6 Å². The van der Waals surface area contributed by atoms with E-state index in [2.05, 4.69) is 62.3 Å². The van der Waals surface area contributed by atoms with Crippen molar-refractivity contribution in [2.75, 3.05) is 26.2 Å². The lowest BCUT2D eigenvalue weighted by Gasteiger charge is -2.27. The normalized spacial score (nSPS) is 14.2. The molecule has 0 fully saturated rings. The maximum absolute atomic E-state index is 13.6. The number of nitrogens with zero attached hydrogens (tertiary/aromatic N) is 4. The molecule has 0 radical (unpaired) electrons. The molecule has 4 heterocycles. The van der Waals surface area contributed by atoms with Crippen molar-refractivity contribution in [1.82, 2.24) is 36.6 Å². The lowest BCUT2D eigenvalue weighted by Crippen LogP contribution is -2.35. The van der Waals surface area contributed by atoms with Gasteiger partial charge in [-0.15, -0.1) is 0 Å². The van der Waals surface area contributed by atoms with Gasteiger partial charge in [0.1, 0.15) is 5.69 Å². The molecule has 0 unspecified atom stereocenters. The van der Waals surface area contributed by atoms with Crippen LogP contribution in [0.4, 0.5) is 0 Å². The van der Waals surface area contributed by atoms with E-state index in [0.29, 0.717) is 25.3 Å². The Labute approximate surface area is 258 Å². The van der Waals surface area contributed by atoms with Gasteiger partial charge in [0, 0.05) is 49.7 Å². The molecular formula is C34H41N9O. The highest BCUT2D eigenvalue weighted by atomic mass is 16.1. The molecule has 2 aromatic carbocycles. The molecule has 10 heteroatoms. The fraction of sp³-hybridized carbons (Fsp3) is 0.382. The van der Waals surface area contributed by atoms with Crippen LogP contribution in [0.2, 0.25) is 0 Å². The number of carbonyl (C=O) groups is 1. The zero-order valence-corrected chi connectivity index (χ0v) is 25.8. The highest BCUT2D eigenvalue weighted by molar-refractivity contribution is 6.04. The zero-order chi connectivity index (χ0) is 30.5. The Bertz CT molecular complexity index is 1700. The number of amides is 1. The number of fused-ring (bicyclic) bond motifs is 3. The topological polar surface area (TPSA) is 128 Å². The second-order valence-corrected chi connectivity index (χ2v) is 11.0. The van der Waals surface area contributed by atoms with Crippen LogP contribution in [0.5, 0.6) is 0 Å². The number of rotatable bonds is 10. The number of nitrogens with one attached hydrogen (secondary N) is 5. The van der Waals surface area contributed by atoms with Gasteiger partial charge in [-0.3, -0.25) is 19.8 Å². The second-order valence-electron chi connectivity index (χ2n) is 11.0. The Morgan fingerprint density at radius 3 is 1.80 bits per heavy atom. The maximum atomic E-state index is 13.6. The number of carbonyl (C=O) groups excluding carboxylic acids is 1. The average Bonchev–Trinajstić information content (AvgIpc) is 3.79. The summed E-state index contributed by atoms with van der Waals surface area (Å²) in [4.78, 5) is 32.0. The van der Waals surface area contributed by atoms with Gasteiger partial charge in [-0.05, 0) is 64.8 Å². The second kappa shape index (κ2) is 13.3. The number of aromatic nitrogens is 2. The molecule has 2 aliphatic rings. The third-order valence-electron chi connectivity index (χ3n) is 8.55. The standard InChI is InChI=1S/C34H41N9O/c1-4-23-26(18-40-32(44)29-12-11-22-10-9-21-8-7-13-35-30(21)31(22)43-29)24(5-2)28(20-42-34-38-16-17-39-34)25(6-3)27(23)19-41-33-36-14-15-37-33/h7-13H,4-6,14-20H2,1-3H3,(H,40,44)(H2,36,37,41)(H2,38,39,42). The summed E-state index contributed by atoms with van der Waals surface area (Å²) in [6.45, 7) is 11.7. The largest absolute Gasteiger partial charge is 0.355 e. The molecule has 0 saturated heterocycles. The van der Waals surface area contributed by atoms with E-state index in [1.165, 1.54) is 33.4 Å². The van der Waals surface area contributed by atoms with Gasteiger partial charge in [-0.1, -0.05) is 45.0 Å². The minimum atomic E-state index is -0.197. The van der Waals surface area contributed by atoms with Gasteiger partial charge in [0.15, 0.2) is 11.9 Å². The van der Waals surface area contributed by atoms with E-state index in [1.54, 1.807) is 12.3 Å². The third kappa shape index (κ3) is 5.89. The van der Waals surface area contributed by atoms with Crippen molar-refractivity contribution in [1.29, 1.82) is 0 Å². The quantitative estimate of drug-likeness (QED) is 0.179. The van der Waals surface area contributed by atoms with Crippen molar-refractivity contribution >= 4 is 39.6 Å². The molecule has 0 atom stereocenters. The number of hydrogen-bond donors (Lipinski definition) is 5. The molecule has 2 aliphatic heterocycles. The SMILES string of the molecule is CCc1c(CNC(=O)c2ccc3ccc4cccnc4c3n2)c(CC)c(CNC2=NCCN2)c(CC)c1CNC1=NCCN1. The van der Waals surface area contributed by atoms with Crippen molar-refractivity contribution in [2.45, 2.75) is 59.7 Å². The minimum Gasteiger partial charge on any atom is -0.355 e. The fourth-order valence-corrected chi connectivity index (χ4v) is 6.50. The lowest BCUT2D eigenvalue weighted by atomic mass is 9.83. The Morgan fingerprint density at radius 2 is 1.25 bits per heavy atom. The fourth-order valence-electron chi connectivity index (χ4n) is 6.50. The predicted molar refractivity (Wildman–Crippen MR) is 177 cm³/mol. The van der Waals surface area contributed by atoms with Crippen molar-refractivity contribution in [2.24, 2.45) is 9.98 Å². The van der Waals surface area contributed by atoms with Gasteiger partial charge >= 0.3 is 0 Å². The van der Waals surface area contributed by atoms with E-state index in [4.69, 9.17) is 4.98 Å². The summed E-state index contributed by atoms with van der Waals surface area (Å²) < 4.78 is 0. The number of pyridine rings is 2. The molecule has 228 valence electrons.